The predicted octanol–water partition coefficient (Wildman–Crippen LogP) is 1.33. The standard InChI is InChI=1S/C18H21NO5/c1-21-10-3-4-18-12-7-14-13(23-9-24-14)6-11(12)17(22-2)19(8-16(18)20)15(18)5-10/h3-4,6-7,10,15-17,20H,5,8-9H2,1-2H3/t10-,15+,16-,17?,18+/m1/s1. The van der Waals surface area contributed by atoms with Gasteiger partial charge in [0.2, 0.25) is 6.79 Å². The normalized spacial score (nSPS) is 41.2. The lowest BCUT2D eigenvalue weighted by Gasteiger charge is -2.48. The van der Waals surface area contributed by atoms with Gasteiger partial charge in [0.1, 0.15) is 6.23 Å². The highest BCUT2D eigenvalue weighted by molar-refractivity contribution is 5.57. The molecule has 2 unspecified atom stereocenters. The zero-order chi connectivity index (χ0) is 16.5. The Kier molecular flexibility index (Phi) is 3.04. The van der Waals surface area contributed by atoms with Crippen LogP contribution in [0.15, 0.2) is 24.3 Å². The van der Waals surface area contributed by atoms with Gasteiger partial charge in [-0.3, -0.25) is 4.90 Å². The predicted molar refractivity (Wildman–Crippen MR) is 85.0 cm³/mol. The molecule has 6 nitrogen and oxygen atoms in total. The van der Waals surface area contributed by atoms with Crippen molar-refractivity contribution in [3.8, 4) is 11.5 Å². The first-order valence-corrected chi connectivity index (χ1v) is 8.32. The monoisotopic (exact) mass is 331 g/mol. The fraction of sp³-hybridized carbons (Fsp3) is 0.556. The lowest BCUT2D eigenvalue weighted by atomic mass is 9.65. The van der Waals surface area contributed by atoms with Crippen LogP contribution in [0.3, 0.4) is 0 Å². The Bertz CT molecular complexity index is 720. The molecule has 24 heavy (non-hydrogen) atoms. The van der Waals surface area contributed by atoms with Crippen LogP contribution in [0.25, 0.3) is 0 Å². The van der Waals surface area contributed by atoms with E-state index in [4.69, 9.17) is 18.9 Å². The Morgan fingerprint density at radius 2 is 2.00 bits per heavy atom. The van der Waals surface area contributed by atoms with Gasteiger partial charge in [-0.25, -0.2) is 0 Å². The van der Waals surface area contributed by atoms with E-state index in [1.54, 1.807) is 14.2 Å². The topological polar surface area (TPSA) is 60.4 Å². The molecule has 1 saturated heterocycles. The minimum absolute atomic E-state index is 0.0593. The molecule has 4 aliphatic rings. The number of ether oxygens (including phenoxy) is 4. The number of hydrogen-bond acceptors (Lipinski definition) is 6. The lowest BCUT2D eigenvalue weighted by molar-refractivity contribution is -0.0668. The summed E-state index contributed by atoms with van der Waals surface area (Å²) >= 11 is 0. The summed E-state index contributed by atoms with van der Waals surface area (Å²) in [6.07, 6.45) is 4.41. The van der Waals surface area contributed by atoms with E-state index >= 15 is 0 Å². The summed E-state index contributed by atoms with van der Waals surface area (Å²) in [5.41, 5.74) is 1.69. The first-order chi connectivity index (χ1) is 11.7. The van der Waals surface area contributed by atoms with E-state index in [2.05, 4.69) is 17.1 Å². The van der Waals surface area contributed by atoms with Gasteiger partial charge in [0.25, 0.3) is 0 Å². The molecular weight excluding hydrogens is 310 g/mol. The van der Waals surface area contributed by atoms with Gasteiger partial charge in [-0.2, -0.15) is 0 Å². The maximum absolute atomic E-state index is 11.0. The molecule has 1 fully saturated rings. The second-order valence-corrected chi connectivity index (χ2v) is 6.91. The maximum Gasteiger partial charge on any atom is 0.231 e. The maximum atomic E-state index is 11.0. The highest BCUT2D eigenvalue weighted by Crippen LogP contribution is 2.57. The number of methoxy groups -OCH3 is 2. The van der Waals surface area contributed by atoms with E-state index in [-0.39, 0.29) is 25.2 Å². The van der Waals surface area contributed by atoms with Crippen molar-refractivity contribution in [1.29, 1.82) is 0 Å². The van der Waals surface area contributed by atoms with Gasteiger partial charge in [0.15, 0.2) is 11.5 Å². The number of rotatable bonds is 2. The van der Waals surface area contributed by atoms with Gasteiger partial charge in [-0.1, -0.05) is 12.2 Å². The third kappa shape index (κ3) is 1.64. The van der Waals surface area contributed by atoms with E-state index in [1.807, 2.05) is 12.1 Å². The van der Waals surface area contributed by atoms with Gasteiger partial charge in [-0.15, -0.1) is 0 Å². The zero-order valence-electron chi connectivity index (χ0n) is 13.8. The Labute approximate surface area is 140 Å². The highest BCUT2D eigenvalue weighted by Gasteiger charge is 2.61. The minimum Gasteiger partial charge on any atom is -0.454 e. The van der Waals surface area contributed by atoms with Crippen molar-refractivity contribution in [2.75, 3.05) is 27.6 Å². The van der Waals surface area contributed by atoms with Crippen LogP contribution in [-0.4, -0.2) is 55.8 Å². The molecule has 3 heterocycles. The minimum atomic E-state index is -0.490. The molecule has 2 bridgehead atoms. The van der Waals surface area contributed by atoms with Crippen molar-refractivity contribution < 1.29 is 24.1 Å². The van der Waals surface area contributed by atoms with Crippen molar-refractivity contribution in [3.63, 3.8) is 0 Å². The fourth-order valence-corrected chi connectivity index (χ4v) is 4.95. The second kappa shape index (κ2) is 4.95. The first-order valence-electron chi connectivity index (χ1n) is 8.32. The van der Waals surface area contributed by atoms with Crippen LogP contribution in [0.4, 0.5) is 0 Å². The third-order valence-electron chi connectivity index (χ3n) is 6.03. The molecule has 6 heteroatoms. The first kappa shape index (κ1) is 14.7. The van der Waals surface area contributed by atoms with Crippen LogP contribution in [0.2, 0.25) is 0 Å². The van der Waals surface area contributed by atoms with E-state index in [0.717, 1.165) is 29.0 Å². The molecule has 0 saturated carbocycles. The van der Waals surface area contributed by atoms with Crippen LogP contribution >= 0.6 is 0 Å². The summed E-state index contributed by atoms with van der Waals surface area (Å²) in [4.78, 5) is 2.25. The molecule has 3 aliphatic heterocycles. The molecular formula is C18H21NO5. The van der Waals surface area contributed by atoms with Crippen molar-refractivity contribution >= 4 is 0 Å². The number of aliphatic hydroxyl groups excluding tert-OH is 1. The summed E-state index contributed by atoms with van der Waals surface area (Å²) < 4.78 is 22.5. The highest BCUT2D eigenvalue weighted by atomic mass is 16.7. The van der Waals surface area contributed by atoms with Crippen molar-refractivity contribution in [3.05, 3.63) is 35.4 Å². The van der Waals surface area contributed by atoms with Crippen molar-refractivity contribution in [2.45, 2.75) is 36.3 Å². The van der Waals surface area contributed by atoms with Gasteiger partial charge < -0.3 is 24.1 Å². The smallest absolute Gasteiger partial charge is 0.231 e. The van der Waals surface area contributed by atoms with E-state index in [9.17, 15) is 5.11 Å². The number of benzene rings is 1. The molecule has 1 N–H and O–H groups in total. The second-order valence-electron chi connectivity index (χ2n) is 6.91. The summed E-state index contributed by atoms with van der Waals surface area (Å²) in [6, 6.07) is 4.17. The number of hydrogen-bond donors (Lipinski definition) is 1. The molecule has 0 spiro atoms. The summed E-state index contributed by atoms with van der Waals surface area (Å²) in [7, 11) is 3.44. The fourth-order valence-electron chi connectivity index (χ4n) is 4.95. The largest absolute Gasteiger partial charge is 0.454 e. The Balaban J connectivity index is 1.75. The molecule has 6 atom stereocenters. The molecule has 0 aromatic heterocycles. The summed E-state index contributed by atoms with van der Waals surface area (Å²) in [5, 5.41) is 11.0. The van der Waals surface area contributed by atoms with Gasteiger partial charge in [0.05, 0.1) is 17.6 Å². The van der Waals surface area contributed by atoms with Crippen LogP contribution in [0, 0.1) is 0 Å². The SMILES string of the molecule is COC1c2cc3c(cc2[C@@]24C=C[C@@H](OC)C[C@@H]2N1C[C@H]4O)OCO3. The van der Waals surface area contributed by atoms with Crippen LogP contribution < -0.4 is 9.47 Å². The van der Waals surface area contributed by atoms with Gasteiger partial charge >= 0.3 is 0 Å². The Hall–Kier alpha value is -1.60. The quantitative estimate of drug-likeness (QED) is 0.825. The molecule has 0 radical (unpaired) electrons. The average molecular weight is 331 g/mol. The molecule has 1 aromatic rings. The molecule has 5 rings (SSSR count). The molecule has 128 valence electrons. The average Bonchev–Trinajstić information content (AvgIpc) is 3.15. The number of nitrogens with zero attached hydrogens (tertiary/aromatic N) is 1. The van der Waals surface area contributed by atoms with E-state index in [1.165, 1.54) is 0 Å². The summed E-state index contributed by atoms with van der Waals surface area (Å²) in [6.45, 7) is 0.811. The van der Waals surface area contributed by atoms with Crippen LogP contribution in [0.1, 0.15) is 23.8 Å². The van der Waals surface area contributed by atoms with Gasteiger partial charge in [-0.05, 0) is 24.1 Å². The zero-order valence-corrected chi connectivity index (χ0v) is 13.8. The molecule has 0 amide bonds. The van der Waals surface area contributed by atoms with E-state index in [0.29, 0.717) is 6.54 Å². The molecule has 1 aromatic carbocycles. The summed E-state index contributed by atoms with van der Waals surface area (Å²) in [5.74, 6) is 1.49. The van der Waals surface area contributed by atoms with E-state index < -0.39 is 11.5 Å². The Morgan fingerprint density at radius 3 is 2.75 bits per heavy atom. The lowest BCUT2D eigenvalue weighted by Crippen LogP contribution is -2.53. The number of fused-ring (bicyclic) bond motifs is 2. The van der Waals surface area contributed by atoms with Crippen LogP contribution in [0.5, 0.6) is 11.5 Å². The Morgan fingerprint density at radius 1 is 1.21 bits per heavy atom. The van der Waals surface area contributed by atoms with Gasteiger partial charge in [0, 0.05) is 32.4 Å². The number of aliphatic hydroxyl groups is 1. The van der Waals surface area contributed by atoms with Crippen molar-refractivity contribution in [2.24, 2.45) is 0 Å². The third-order valence-corrected chi connectivity index (χ3v) is 6.03. The van der Waals surface area contributed by atoms with Crippen LogP contribution in [-0.2, 0) is 14.9 Å². The molecule has 1 aliphatic carbocycles. The van der Waals surface area contributed by atoms with Crippen molar-refractivity contribution in [1.82, 2.24) is 4.90 Å².